The highest BCUT2D eigenvalue weighted by molar-refractivity contribution is 5.93. The van der Waals surface area contributed by atoms with Crippen LogP contribution in [0.15, 0.2) is 47.8 Å². The molecule has 1 fully saturated rings. The van der Waals surface area contributed by atoms with Crippen molar-refractivity contribution < 1.29 is 4.79 Å². The molecule has 3 rings (SSSR count). The zero-order valence-corrected chi connectivity index (χ0v) is 12.4. The van der Waals surface area contributed by atoms with Crippen molar-refractivity contribution >= 4 is 17.3 Å². The molecule has 0 saturated carbocycles. The van der Waals surface area contributed by atoms with Crippen molar-refractivity contribution in [1.82, 2.24) is 10.6 Å². The van der Waals surface area contributed by atoms with E-state index in [4.69, 9.17) is 5.73 Å². The number of nitrogens with one attached hydrogen (secondary N) is 3. The maximum Gasteiger partial charge on any atom is 0.246 e. The molecule has 0 atom stereocenters. The quantitative estimate of drug-likeness (QED) is 0.645. The Hall–Kier alpha value is -2.47. The van der Waals surface area contributed by atoms with Crippen molar-refractivity contribution in [3.05, 3.63) is 47.8 Å². The summed E-state index contributed by atoms with van der Waals surface area (Å²) in [6.07, 6.45) is 3.57. The number of carbonyl (C=O) groups is 1. The van der Waals surface area contributed by atoms with Gasteiger partial charge in [-0.2, -0.15) is 0 Å². The predicted octanol–water partition coefficient (Wildman–Crippen LogP) is 0.364. The van der Waals surface area contributed by atoms with Gasteiger partial charge in [0.15, 0.2) is 0 Å². The van der Waals surface area contributed by atoms with Crippen LogP contribution in [0.2, 0.25) is 0 Å². The molecule has 1 amide bonds. The Morgan fingerprint density at radius 2 is 1.86 bits per heavy atom. The third-order valence-corrected chi connectivity index (χ3v) is 3.87. The van der Waals surface area contributed by atoms with E-state index in [2.05, 4.69) is 45.1 Å². The third kappa shape index (κ3) is 3.40. The van der Waals surface area contributed by atoms with Crippen molar-refractivity contribution in [2.45, 2.75) is 0 Å². The molecule has 22 heavy (non-hydrogen) atoms. The molecule has 0 spiro atoms. The summed E-state index contributed by atoms with van der Waals surface area (Å²) in [7, 11) is 0. The van der Waals surface area contributed by atoms with Gasteiger partial charge in [0.25, 0.3) is 0 Å². The molecule has 6 nitrogen and oxygen atoms in total. The van der Waals surface area contributed by atoms with E-state index in [0.717, 1.165) is 37.7 Å². The van der Waals surface area contributed by atoms with Gasteiger partial charge in [-0.05, 0) is 36.4 Å². The van der Waals surface area contributed by atoms with Gasteiger partial charge in [0.2, 0.25) is 5.91 Å². The fourth-order valence-corrected chi connectivity index (χ4v) is 2.58. The lowest BCUT2D eigenvalue weighted by Gasteiger charge is -2.29. The van der Waals surface area contributed by atoms with E-state index in [-0.39, 0.29) is 5.91 Å². The molecule has 0 bridgehead atoms. The van der Waals surface area contributed by atoms with E-state index in [1.54, 1.807) is 6.08 Å². The molecule has 0 unspecified atom stereocenters. The van der Waals surface area contributed by atoms with Gasteiger partial charge in [-0.3, -0.25) is 4.79 Å². The first-order valence-electron chi connectivity index (χ1n) is 7.50. The summed E-state index contributed by atoms with van der Waals surface area (Å²) < 4.78 is 0. The minimum atomic E-state index is -0.386. The summed E-state index contributed by atoms with van der Waals surface area (Å²) in [5.74, 6) is 0.475. The van der Waals surface area contributed by atoms with Gasteiger partial charge in [-0.15, -0.1) is 0 Å². The molecule has 1 aromatic carbocycles. The Labute approximate surface area is 130 Å². The smallest absolute Gasteiger partial charge is 0.246 e. The number of nitrogens with two attached hydrogens (primary N) is 1. The third-order valence-electron chi connectivity index (χ3n) is 3.87. The number of hydrogen-bond donors (Lipinski definition) is 4. The van der Waals surface area contributed by atoms with Crippen molar-refractivity contribution in [1.29, 1.82) is 0 Å². The van der Waals surface area contributed by atoms with Gasteiger partial charge in [0.05, 0.1) is 0 Å². The maximum atomic E-state index is 11.1. The van der Waals surface area contributed by atoms with Crippen molar-refractivity contribution in [2.75, 3.05) is 42.9 Å². The molecule has 2 heterocycles. The molecule has 2 aliphatic heterocycles. The topological polar surface area (TPSA) is 82.4 Å². The lowest BCUT2D eigenvalue weighted by Crippen LogP contribution is -2.43. The predicted molar refractivity (Wildman–Crippen MR) is 88.5 cm³/mol. The van der Waals surface area contributed by atoms with E-state index in [0.29, 0.717) is 12.1 Å². The van der Waals surface area contributed by atoms with Crippen LogP contribution in [0.4, 0.5) is 11.4 Å². The number of benzene rings is 1. The first-order valence-corrected chi connectivity index (χ1v) is 7.50. The van der Waals surface area contributed by atoms with Crippen LogP contribution in [0.25, 0.3) is 0 Å². The van der Waals surface area contributed by atoms with Gasteiger partial charge in [0.1, 0.15) is 5.82 Å². The van der Waals surface area contributed by atoms with Gasteiger partial charge in [-0.25, -0.2) is 0 Å². The maximum absolute atomic E-state index is 11.1. The fourth-order valence-electron chi connectivity index (χ4n) is 2.58. The molecule has 6 heteroatoms. The first-order chi connectivity index (χ1) is 10.7. The zero-order valence-electron chi connectivity index (χ0n) is 12.4. The Bertz CT molecular complexity index is 599. The summed E-state index contributed by atoms with van der Waals surface area (Å²) in [5.41, 5.74) is 8.08. The Morgan fingerprint density at radius 3 is 2.45 bits per heavy atom. The molecule has 1 saturated heterocycles. The Kier molecular flexibility index (Phi) is 4.29. The first kappa shape index (κ1) is 14.5. The van der Waals surface area contributed by atoms with Crippen LogP contribution in [-0.4, -0.2) is 38.6 Å². The average molecular weight is 299 g/mol. The Balaban J connectivity index is 1.63. The number of primary amides is 1. The highest BCUT2D eigenvalue weighted by Gasteiger charge is 2.11. The molecule has 1 aromatic rings. The van der Waals surface area contributed by atoms with E-state index in [1.807, 2.05) is 6.08 Å². The van der Waals surface area contributed by atoms with E-state index >= 15 is 0 Å². The van der Waals surface area contributed by atoms with Crippen molar-refractivity contribution in [2.24, 2.45) is 5.73 Å². The summed E-state index contributed by atoms with van der Waals surface area (Å²) in [4.78, 5) is 13.4. The van der Waals surface area contributed by atoms with Crippen LogP contribution >= 0.6 is 0 Å². The van der Waals surface area contributed by atoms with Crippen LogP contribution in [0, 0.1) is 0 Å². The zero-order chi connectivity index (χ0) is 15.4. The van der Waals surface area contributed by atoms with E-state index in [9.17, 15) is 4.79 Å². The van der Waals surface area contributed by atoms with Gasteiger partial charge < -0.3 is 26.6 Å². The standard InChI is InChI=1S/C16H21N5O/c17-16(22)12-1-6-15(19-11-12)20-13-2-4-14(5-3-13)21-9-7-18-8-10-21/h1-6,18-20H,7-11H2,(H2,17,22). The summed E-state index contributed by atoms with van der Waals surface area (Å²) in [5, 5.41) is 9.79. The minimum Gasteiger partial charge on any atom is -0.369 e. The van der Waals surface area contributed by atoms with Crippen LogP contribution in [0.1, 0.15) is 0 Å². The van der Waals surface area contributed by atoms with Crippen LogP contribution in [0.3, 0.4) is 0 Å². The monoisotopic (exact) mass is 299 g/mol. The number of dihydropyridines is 1. The number of piperazine rings is 1. The van der Waals surface area contributed by atoms with Gasteiger partial charge in [0, 0.05) is 49.7 Å². The number of anilines is 2. The summed E-state index contributed by atoms with van der Waals surface area (Å²) in [6.45, 7) is 4.60. The molecule has 116 valence electrons. The largest absolute Gasteiger partial charge is 0.369 e. The lowest BCUT2D eigenvalue weighted by molar-refractivity contribution is -0.114. The molecule has 5 N–H and O–H groups in total. The highest BCUT2D eigenvalue weighted by atomic mass is 16.1. The van der Waals surface area contributed by atoms with E-state index in [1.165, 1.54) is 5.69 Å². The Morgan fingerprint density at radius 1 is 1.14 bits per heavy atom. The normalized spacial score (nSPS) is 18.1. The molecule has 0 aliphatic carbocycles. The second kappa shape index (κ2) is 6.53. The van der Waals surface area contributed by atoms with Crippen molar-refractivity contribution in [3.8, 4) is 0 Å². The van der Waals surface area contributed by atoms with Crippen LogP contribution in [-0.2, 0) is 4.79 Å². The number of hydrogen-bond acceptors (Lipinski definition) is 5. The van der Waals surface area contributed by atoms with E-state index < -0.39 is 0 Å². The second-order valence-electron chi connectivity index (χ2n) is 5.40. The summed E-state index contributed by atoms with van der Waals surface area (Å²) >= 11 is 0. The van der Waals surface area contributed by atoms with Crippen LogP contribution in [0.5, 0.6) is 0 Å². The fraction of sp³-hybridized carbons (Fsp3) is 0.312. The van der Waals surface area contributed by atoms with Gasteiger partial charge >= 0.3 is 0 Å². The highest BCUT2D eigenvalue weighted by Crippen LogP contribution is 2.19. The minimum absolute atomic E-state index is 0.386. The van der Waals surface area contributed by atoms with Crippen LogP contribution < -0.4 is 26.6 Å². The number of nitrogens with zero attached hydrogens (tertiary/aromatic N) is 1. The SMILES string of the molecule is NC(=O)C1=CC=C(Nc2ccc(N3CCNCC3)cc2)NC1. The number of rotatable bonds is 4. The molecule has 0 aromatic heterocycles. The van der Waals surface area contributed by atoms with Gasteiger partial charge in [-0.1, -0.05) is 0 Å². The van der Waals surface area contributed by atoms with Crippen molar-refractivity contribution in [3.63, 3.8) is 0 Å². The molecule has 0 radical (unpaired) electrons. The number of amides is 1. The molecular weight excluding hydrogens is 278 g/mol. The number of allylic oxidation sites excluding steroid dienone is 2. The number of carbonyl (C=O) groups excluding carboxylic acids is 1. The average Bonchev–Trinajstić information content (AvgIpc) is 2.57. The molecule has 2 aliphatic rings. The lowest BCUT2D eigenvalue weighted by atomic mass is 10.2. The second-order valence-corrected chi connectivity index (χ2v) is 5.40. The summed E-state index contributed by atoms with van der Waals surface area (Å²) in [6, 6.07) is 8.38. The molecular formula is C16H21N5O.